The standard InChI is InChI=1S/C16H26F2N4O4S.HI/c1-4-19-16(20-8-5-9-22-27(3,23)24)21-11-12-10-13(25-2)6-7-14(12)26-15(17)18;/h6-7,10,15,22H,4-5,8-9,11H2,1-3H3,(H2,19,20,21);1H. The molecule has 1 aromatic rings. The predicted octanol–water partition coefficient (Wildman–Crippen LogP) is 1.91. The van der Waals surface area contributed by atoms with Gasteiger partial charge in [0.1, 0.15) is 11.5 Å². The maximum atomic E-state index is 12.6. The van der Waals surface area contributed by atoms with Gasteiger partial charge in [-0.1, -0.05) is 0 Å². The average Bonchev–Trinajstić information content (AvgIpc) is 2.58. The van der Waals surface area contributed by atoms with E-state index in [1.165, 1.54) is 19.2 Å². The molecule has 0 amide bonds. The highest BCUT2D eigenvalue weighted by Gasteiger charge is 2.11. The Bertz CT molecular complexity index is 721. The molecule has 0 radical (unpaired) electrons. The highest BCUT2D eigenvalue weighted by molar-refractivity contribution is 14.0. The summed E-state index contributed by atoms with van der Waals surface area (Å²) in [5, 5.41) is 6.08. The molecule has 8 nitrogen and oxygen atoms in total. The van der Waals surface area contributed by atoms with Crippen molar-refractivity contribution >= 4 is 40.0 Å². The van der Waals surface area contributed by atoms with Crippen LogP contribution in [-0.2, 0) is 16.6 Å². The van der Waals surface area contributed by atoms with Crippen LogP contribution < -0.4 is 24.8 Å². The Balaban J connectivity index is 0.00000729. The quantitative estimate of drug-likeness (QED) is 0.173. The first-order chi connectivity index (χ1) is 12.7. The van der Waals surface area contributed by atoms with Gasteiger partial charge in [0.05, 0.1) is 19.9 Å². The maximum absolute atomic E-state index is 12.6. The molecular weight excluding hydrogens is 509 g/mol. The topological polar surface area (TPSA) is 101 Å². The Morgan fingerprint density at radius 1 is 1.25 bits per heavy atom. The van der Waals surface area contributed by atoms with Gasteiger partial charge in [0, 0.05) is 25.2 Å². The van der Waals surface area contributed by atoms with Gasteiger partial charge in [0.25, 0.3) is 0 Å². The number of methoxy groups -OCH3 is 1. The molecule has 0 bridgehead atoms. The first kappa shape index (κ1) is 26.6. The van der Waals surface area contributed by atoms with Crippen LogP contribution >= 0.6 is 24.0 Å². The first-order valence-corrected chi connectivity index (χ1v) is 10.2. The van der Waals surface area contributed by atoms with E-state index in [4.69, 9.17) is 4.74 Å². The molecule has 0 aliphatic rings. The molecular formula is C16H27F2IN4O4S. The van der Waals surface area contributed by atoms with Crippen LogP contribution in [0.4, 0.5) is 8.78 Å². The van der Waals surface area contributed by atoms with Crippen molar-refractivity contribution in [2.75, 3.05) is 33.0 Å². The fraction of sp³-hybridized carbons (Fsp3) is 0.562. The van der Waals surface area contributed by atoms with Gasteiger partial charge in [-0.3, -0.25) is 0 Å². The summed E-state index contributed by atoms with van der Waals surface area (Å²) in [6.45, 7) is 0.428. The van der Waals surface area contributed by atoms with Crippen molar-refractivity contribution in [3.63, 3.8) is 0 Å². The highest BCUT2D eigenvalue weighted by atomic mass is 127. The number of rotatable bonds is 11. The van der Waals surface area contributed by atoms with Crippen molar-refractivity contribution < 1.29 is 26.7 Å². The molecule has 0 fully saturated rings. The van der Waals surface area contributed by atoms with E-state index in [9.17, 15) is 17.2 Å². The van der Waals surface area contributed by atoms with Crippen LogP contribution in [0.3, 0.4) is 0 Å². The molecule has 0 aliphatic carbocycles. The first-order valence-electron chi connectivity index (χ1n) is 8.33. The summed E-state index contributed by atoms with van der Waals surface area (Å²) in [6, 6.07) is 4.52. The summed E-state index contributed by atoms with van der Waals surface area (Å²) in [4.78, 5) is 4.35. The lowest BCUT2D eigenvalue weighted by molar-refractivity contribution is -0.0504. The van der Waals surface area contributed by atoms with E-state index < -0.39 is 16.6 Å². The van der Waals surface area contributed by atoms with Gasteiger partial charge in [-0.05, 0) is 31.5 Å². The third-order valence-electron chi connectivity index (χ3n) is 3.25. The zero-order valence-corrected chi connectivity index (χ0v) is 19.1. The van der Waals surface area contributed by atoms with Crippen LogP contribution in [0.15, 0.2) is 23.2 Å². The average molecular weight is 536 g/mol. The van der Waals surface area contributed by atoms with Crippen molar-refractivity contribution in [2.24, 2.45) is 4.99 Å². The number of hydrogen-bond donors (Lipinski definition) is 3. The van der Waals surface area contributed by atoms with Crippen LogP contribution in [0.1, 0.15) is 18.9 Å². The van der Waals surface area contributed by atoms with Crippen molar-refractivity contribution in [3.8, 4) is 11.5 Å². The number of nitrogens with one attached hydrogen (secondary N) is 3. The molecule has 1 rings (SSSR count). The second-order valence-corrected chi connectivity index (χ2v) is 7.33. The zero-order chi connectivity index (χ0) is 20.3. The number of guanidine groups is 1. The van der Waals surface area contributed by atoms with Crippen LogP contribution in [0, 0.1) is 0 Å². The third kappa shape index (κ3) is 11.4. The number of sulfonamides is 1. The van der Waals surface area contributed by atoms with Gasteiger partial charge in [-0.15, -0.1) is 24.0 Å². The summed E-state index contributed by atoms with van der Waals surface area (Å²) < 4.78 is 59.2. The molecule has 0 aliphatic heterocycles. The minimum atomic E-state index is -3.21. The van der Waals surface area contributed by atoms with Crippen molar-refractivity contribution in [1.82, 2.24) is 15.4 Å². The molecule has 28 heavy (non-hydrogen) atoms. The van der Waals surface area contributed by atoms with E-state index in [1.807, 2.05) is 6.92 Å². The Morgan fingerprint density at radius 3 is 2.54 bits per heavy atom. The summed E-state index contributed by atoms with van der Waals surface area (Å²) in [5.41, 5.74) is 0.450. The van der Waals surface area contributed by atoms with E-state index in [2.05, 4.69) is 25.1 Å². The van der Waals surface area contributed by atoms with Gasteiger partial charge in [0.2, 0.25) is 10.0 Å². The largest absolute Gasteiger partial charge is 0.497 e. The Morgan fingerprint density at radius 2 is 1.96 bits per heavy atom. The zero-order valence-electron chi connectivity index (χ0n) is 16.0. The second kappa shape index (κ2) is 13.7. The second-order valence-electron chi connectivity index (χ2n) is 5.49. The molecule has 0 saturated heterocycles. The van der Waals surface area contributed by atoms with E-state index in [-0.39, 0.29) is 36.3 Å². The van der Waals surface area contributed by atoms with E-state index in [1.54, 1.807) is 6.07 Å². The third-order valence-corrected chi connectivity index (χ3v) is 3.97. The van der Waals surface area contributed by atoms with E-state index in [0.717, 1.165) is 6.26 Å². The molecule has 3 N–H and O–H groups in total. The molecule has 0 heterocycles. The van der Waals surface area contributed by atoms with Crippen molar-refractivity contribution in [1.29, 1.82) is 0 Å². The lowest BCUT2D eigenvalue weighted by Gasteiger charge is -2.13. The monoisotopic (exact) mass is 536 g/mol. The number of benzene rings is 1. The molecule has 0 atom stereocenters. The highest BCUT2D eigenvalue weighted by Crippen LogP contribution is 2.26. The van der Waals surface area contributed by atoms with E-state index >= 15 is 0 Å². The fourth-order valence-corrected chi connectivity index (χ4v) is 2.59. The lowest BCUT2D eigenvalue weighted by atomic mass is 10.2. The van der Waals surface area contributed by atoms with E-state index in [0.29, 0.717) is 43.3 Å². The number of aliphatic imine (C=N–C) groups is 1. The molecule has 0 saturated carbocycles. The fourth-order valence-electron chi connectivity index (χ4n) is 2.08. The molecule has 1 aromatic carbocycles. The Labute approximate surface area is 181 Å². The van der Waals surface area contributed by atoms with Gasteiger partial charge in [-0.25, -0.2) is 18.1 Å². The van der Waals surface area contributed by atoms with Crippen LogP contribution in [0.25, 0.3) is 0 Å². The summed E-state index contributed by atoms with van der Waals surface area (Å²) >= 11 is 0. The smallest absolute Gasteiger partial charge is 0.387 e. The Kier molecular flexibility index (Phi) is 13.0. The number of ether oxygens (including phenoxy) is 2. The number of halogens is 3. The lowest BCUT2D eigenvalue weighted by Crippen LogP contribution is -2.38. The van der Waals surface area contributed by atoms with Gasteiger partial charge in [-0.2, -0.15) is 8.78 Å². The van der Waals surface area contributed by atoms with Crippen LogP contribution in [0.5, 0.6) is 11.5 Å². The molecule has 12 heteroatoms. The predicted molar refractivity (Wildman–Crippen MR) is 115 cm³/mol. The number of nitrogens with zero attached hydrogens (tertiary/aromatic N) is 1. The molecule has 0 unspecified atom stereocenters. The molecule has 0 aromatic heterocycles. The van der Waals surface area contributed by atoms with Gasteiger partial charge >= 0.3 is 6.61 Å². The SMILES string of the molecule is CCNC(=NCc1cc(OC)ccc1OC(F)F)NCCCNS(C)(=O)=O.I. The maximum Gasteiger partial charge on any atom is 0.387 e. The normalized spacial score (nSPS) is 11.7. The minimum absolute atomic E-state index is 0. The molecule has 0 spiro atoms. The van der Waals surface area contributed by atoms with Gasteiger partial charge in [0.15, 0.2) is 5.96 Å². The summed E-state index contributed by atoms with van der Waals surface area (Å²) in [7, 11) is -1.74. The summed E-state index contributed by atoms with van der Waals surface area (Å²) in [6.07, 6.45) is 1.65. The van der Waals surface area contributed by atoms with Crippen molar-refractivity contribution in [2.45, 2.75) is 26.5 Å². The number of alkyl halides is 2. The van der Waals surface area contributed by atoms with Gasteiger partial charge < -0.3 is 20.1 Å². The van der Waals surface area contributed by atoms with Crippen molar-refractivity contribution in [3.05, 3.63) is 23.8 Å². The number of hydrogen-bond acceptors (Lipinski definition) is 5. The summed E-state index contributed by atoms with van der Waals surface area (Å²) in [5.74, 6) is 1.01. The van der Waals surface area contributed by atoms with Crippen LogP contribution in [0.2, 0.25) is 0 Å². The molecule has 162 valence electrons. The van der Waals surface area contributed by atoms with Crippen LogP contribution in [-0.4, -0.2) is 54.0 Å². The Hall–Kier alpha value is -1.41. The minimum Gasteiger partial charge on any atom is -0.497 e.